The highest BCUT2D eigenvalue weighted by atomic mass is 32.1. The maximum Gasteiger partial charge on any atom is 0.0697 e. The van der Waals surface area contributed by atoms with Crippen LogP contribution in [0.5, 0.6) is 0 Å². The van der Waals surface area contributed by atoms with Gasteiger partial charge >= 0.3 is 0 Å². The average molecular weight is 209 g/mol. The molecule has 0 bridgehead atoms. The summed E-state index contributed by atoms with van der Waals surface area (Å²) in [4.78, 5) is 1.14. The molecule has 0 atom stereocenters. The van der Waals surface area contributed by atoms with E-state index in [2.05, 4.69) is 11.4 Å². The first-order valence-corrected chi connectivity index (χ1v) is 5.37. The Balaban J connectivity index is 2.37. The predicted octanol–water partition coefficient (Wildman–Crippen LogP) is 1.97. The van der Waals surface area contributed by atoms with E-state index in [0.717, 1.165) is 17.1 Å². The molecule has 0 aromatic carbocycles. The van der Waals surface area contributed by atoms with Crippen LogP contribution in [0.15, 0.2) is 11.4 Å². The summed E-state index contributed by atoms with van der Waals surface area (Å²) in [5, 5.41) is 14.0. The lowest BCUT2D eigenvalue weighted by Crippen LogP contribution is -2.27. The molecule has 3 nitrogen and oxygen atoms in total. The molecule has 0 amide bonds. The lowest BCUT2D eigenvalue weighted by Gasteiger charge is -2.15. The van der Waals surface area contributed by atoms with Crippen molar-refractivity contribution >= 4 is 17.0 Å². The Morgan fingerprint density at radius 2 is 2.36 bits per heavy atom. The quantitative estimate of drug-likeness (QED) is 0.797. The third-order valence-corrected chi connectivity index (χ3v) is 2.87. The van der Waals surface area contributed by atoms with Crippen LogP contribution in [0.3, 0.4) is 0 Å². The van der Waals surface area contributed by atoms with E-state index < -0.39 is 0 Å². The fourth-order valence-corrected chi connectivity index (χ4v) is 1.79. The summed E-state index contributed by atoms with van der Waals surface area (Å²) in [6.07, 6.45) is 0. The number of nitrogen functional groups attached to an aromatic ring is 1. The average Bonchev–Trinajstić information content (AvgIpc) is 2.52. The molecular formula is C10H15N3S. The molecule has 0 aliphatic carbocycles. The summed E-state index contributed by atoms with van der Waals surface area (Å²) in [6, 6.07) is 4.15. The SMILES string of the molecule is CC(C)(C#N)CNCc1sccc1N. The van der Waals surface area contributed by atoms with Crippen LogP contribution >= 0.6 is 11.3 Å². The summed E-state index contributed by atoms with van der Waals surface area (Å²) >= 11 is 1.64. The van der Waals surface area contributed by atoms with E-state index in [1.54, 1.807) is 11.3 Å². The van der Waals surface area contributed by atoms with Crippen molar-refractivity contribution in [3.8, 4) is 6.07 Å². The summed E-state index contributed by atoms with van der Waals surface area (Å²) in [5.74, 6) is 0. The maximum atomic E-state index is 8.79. The fraction of sp³-hybridized carbons (Fsp3) is 0.500. The van der Waals surface area contributed by atoms with Crippen LogP contribution in [0.25, 0.3) is 0 Å². The number of hydrogen-bond donors (Lipinski definition) is 2. The fourth-order valence-electron chi connectivity index (χ4n) is 1.02. The van der Waals surface area contributed by atoms with Crippen LogP contribution in [0.4, 0.5) is 5.69 Å². The molecule has 1 heterocycles. The maximum absolute atomic E-state index is 8.79. The molecule has 0 unspecified atom stereocenters. The van der Waals surface area contributed by atoms with Crippen LogP contribution in [0.1, 0.15) is 18.7 Å². The summed E-state index contributed by atoms with van der Waals surface area (Å²) < 4.78 is 0. The standard InChI is InChI=1S/C10H15N3S/c1-10(2,6-11)7-13-5-9-8(12)3-4-14-9/h3-4,13H,5,7,12H2,1-2H3. The second-order valence-corrected chi connectivity index (χ2v) is 4.90. The normalized spacial score (nSPS) is 11.2. The van der Waals surface area contributed by atoms with E-state index >= 15 is 0 Å². The number of nitrogens with two attached hydrogens (primary N) is 1. The smallest absolute Gasteiger partial charge is 0.0697 e. The Labute approximate surface area is 88.5 Å². The predicted molar refractivity (Wildman–Crippen MR) is 59.8 cm³/mol. The molecule has 0 spiro atoms. The van der Waals surface area contributed by atoms with E-state index in [-0.39, 0.29) is 5.41 Å². The molecule has 14 heavy (non-hydrogen) atoms. The first-order chi connectivity index (χ1) is 6.55. The number of anilines is 1. The third-order valence-electron chi connectivity index (χ3n) is 1.94. The molecule has 0 aliphatic heterocycles. The van der Waals surface area contributed by atoms with Gasteiger partial charge in [-0.2, -0.15) is 5.26 Å². The molecule has 3 N–H and O–H groups in total. The van der Waals surface area contributed by atoms with Gasteiger partial charge in [-0.25, -0.2) is 0 Å². The lowest BCUT2D eigenvalue weighted by molar-refractivity contribution is 0.446. The van der Waals surface area contributed by atoms with E-state index in [9.17, 15) is 0 Å². The zero-order chi connectivity index (χ0) is 10.6. The van der Waals surface area contributed by atoms with Gasteiger partial charge in [0.25, 0.3) is 0 Å². The largest absolute Gasteiger partial charge is 0.398 e. The van der Waals surface area contributed by atoms with Crippen molar-refractivity contribution in [2.45, 2.75) is 20.4 Å². The number of nitrogens with one attached hydrogen (secondary N) is 1. The Morgan fingerprint density at radius 3 is 2.86 bits per heavy atom. The zero-order valence-electron chi connectivity index (χ0n) is 8.50. The van der Waals surface area contributed by atoms with Crippen LogP contribution in [0, 0.1) is 16.7 Å². The second kappa shape index (κ2) is 4.45. The summed E-state index contributed by atoms with van der Waals surface area (Å²) in [5.41, 5.74) is 6.25. The molecule has 1 aromatic heterocycles. The van der Waals surface area contributed by atoms with Crippen LogP contribution in [-0.4, -0.2) is 6.54 Å². The Kier molecular flexibility index (Phi) is 3.50. The Hall–Kier alpha value is -1.05. The van der Waals surface area contributed by atoms with Crippen molar-refractivity contribution in [1.82, 2.24) is 5.32 Å². The van der Waals surface area contributed by atoms with Crippen molar-refractivity contribution in [2.24, 2.45) is 5.41 Å². The molecule has 76 valence electrons. The van der Waals surface area contributed by atoms with Gasteiger partial charge in [0.2, 0.25) is 0 Å². The molecule has 1 aromatic rings. The minimum Gasteiger partial charge on any atom is -0.398 e. The van der Waals surface area contributed by atoms with E-state index in [0.29, 0.717) is 6.54 Å². The molecule has 0 fully saturated rings. The van der Waals surface area contributed by atoms with Gasteiger partial charge in [0.1, 0.15) is 0 Å². The van der Waals surface area contributed by atoms with Crippen molar-refractivity contribution in [1.29, 1.82) is 5.26 Å². The molecule has 0 saturated heterocycles. The first kappa shape index (κ1) is 11.0. The van der Waals surface area contributed by atoms with Crippen molar-refractivity contribution in [2.75, 3.05) is 12.3 Å². The van der Waals surface area contributed by atoms with Gasteiger partial charge in [-0.1, -0.05) is 0 Å². The highest BCUT2D eigenvalue weighted by Crippen LogP contribution is 2.19. The Bertz CT molecular complexity index is 335. The highest BCUT2D eigenvalue weighted by Gasteiger charge is 2.15. The summed E-state index contributed by atoms with van der Waals surface area (Å²) in [6.45, 7) is 5.25. The molecule has 0 aliphatic rings. The van der Waals surface area contributed by atoms with Crippen molar-refractivity contribution in [3.63, 3.8) is 0 Å². The number of thiophene rings is 1. The monoisotopic (exact) mass is 209 g/mol. The molecule has 4 heteroatoms. The van der Waals surface area contributed by atoms with Gasteiger partial charge in [0.05, 0.1) is 11.5 Å². The number of rotatable bonds is 4. The zero-order valence-corrected chi connectivity index (χ0v) is 9.32. The van der Waals surface area contributed by atoms with Gasteiger partial charge in [0.15, 0.2) is 0 Å². The highest BCUT2D eigenvalue weighted by molar-refractivity contribution is 7.10. The topological polar surface area (TPSA) is 61.8 Å². The van der Waals surface area contributed by atoms with E-state index in [1.807, 2.05) is 25.3 Å². The lowest BCUT2D eigenvalue weighted by atomic mass is 9.96. The van der Waals surface area contributed by atoms with Gasteiger partial charge in [0, 0.05) is 23.7 Å². The van der Waals surface area contributed by atoms with Gasteiger partial charge in [-0.15, -0.1) is 11.3 Å². The minimum atomic E-state index is -0.313. The van der Waals surface area contributed by atoms with Crippen LogP contribution < -0.4 is 11.1 Å². The van der Waals surface area contributed by atoms with Gasteiger partial charge in [-0.3, -0.25) is 0 Å². The third kappa shape index (κ3) is 3.02. The van der Waals surface area contributed by atoms with Crippen LogP contribution in [0.2, 0.25) is 0 Å². The number of nitriles is 1. The van der Waals surface area contributed by atoms with Gasteiger partial charge in [-0.05, 0) is 25.3 Å². The number of nitrogens with zero attached hydrogens (tertiary/aromatic N) is 1. The minimum absolute atomic E-state index is 0.313. The van der Waals surface area contributed by atoms with E-state index in [4.69, 9.17) is 11.0 Å². The summed E-state index contributed by atoms with van der Waals surface area (Å²) in [7, 11) is 0. The number of hydrogen-bond acceptors (Lipinski definition) is 4. The first-order valence-electron chi connectivity index (χ1n) is 4.49. The van der Waals surface area contributed by atoms with E-state index in [1.165, 1.54) is 0 Å². The molecule has 1 rings (SSSR count). The molecule has 0 radical (unpaired) electrons. The molecule has 0 saturated carbocycles. The van der Waals surface area contributed by atoms with Gasteiger partial charge < -0.3 is 11.1 Å². The van der Waals surface area contributed by atoms with Crippen molar-refractivity contribution < 1.29 is 0 Å². The van der Waals surface area contributed by atoms with Crippen molar-refractivity contribution in [3.05, 3.63) is 16.3 Å². The van der Waals surface area contributed by atoms with Crippen LogP contribution in [-0.2, 0) is 6.54 Å². The second-order valence-electron chi connectivity index (χ2n) is 3.90. The Morgan fingerprint density at radius 1 is 1.64 bits per heavy atom. The molecular weight excluding hydrogens is 194 g/mol.